The van der Waals surface area contributed by atoms with Gasteiger partial charge in [-0.25, -0.2) is 9.59 Å². The first-order valence-corrected chi connectivity index (χ1v) is 7.67. The van der Waals surface area contributed by atoms with Crippen molar-refractivity contribution in [1.82, 2.24) is 10.4 Å². The van der Waals surface area contributed by atoms with Crippen LogP contribution in [-0.4, -0.2) is 36.1 Å². The van der Waals surface area contributed by atoms with Crippen molar-refractivity contribution in [3.63, 3.8) is 0 Å². The highest BCUT2D eigenvalue weighted by Gasteiger charge is 2.24. The summed E-state index contributed by atoms with van der Waals surface area (Å²) in [7, 11) is 1.51. The van der Waals surface area contributed by atoms with Crippen LogP contribution in [0.5, 0.6) is 0 Å². The standard InChI is InChI=1S/C14H18Cl2N4O4/c1-19-11(2-3-12(17)21)13(22)24-20(14(18)23)7-8-4-9(15)6-10(16)5-8/h4-6,11,19H,2-3,7H2,1H3,(H2,17,21)(H2,18,23)/t11-/m1/s1. The number of hydrogen-bond acceptors (Lipinski definition) is 5. The number of urea groups is 1. The van der Waals surface area contributed by atoms with Crippen molar-refractivity contribution in [2.75, 3.05) is 7.05 Å². The molecule has 0 aromatic heterocycles. The largest absolute Gasteiger partial charge is 0.370 e. The predicted octanol–water partition coefficient (Wildman–Crippen LogP) is 1.19. The molecule has 0 fully saturated rings. The summed E-state index contributed by atoms with van der Waals surface area (Å²) in [6.07, 6.45) is 0.112. The van der Waals surface area contributed by atoms with Gasteiger partial charge in [0.2, 0.25) is 5.91 Å². The van der Waals surface area contributed by atoms with Crippen molar-refractivity contribution in [3.05, 3.63) is 33.8 Å². The molecule has 1 aromatic rings. The number of nitrogens with zero attached hydrogens (tertiary/aromatic N) is 1. The Morgan fingerprint density at radius 2 is 1.79 bits per heavy atom. The number of carbonyl (C=O) groups excluding carboxylic acids is 3. The molecule has 0 saturated heterocycles. The number of nitrogens with two attached hydrogens (primary N) is 2. The topological polar surface area (TPSA) is 128 Å². The van der Waals surface area contributed by atoms with Crippen LogP contribution in [0.2, 0.25) is 10.0 Å². The van der Waals surface area contributed by atoms with Gasteiger partial charge in [0.25, 0.3) is 0 Å². The van der Waals surface area contributed by atoms with Gasteiger partial charge < -0.3 is 21.6 Å². The van der Waals surface area contributed by atoms with E-state index in [2.05, 4.69) is 5.32 Å². The predicted molar refractivity (Wildman–Crippen MR) is 89.0 cm³/mol. The molecule has 1 rings (SSSR count). The minimum absolute atomic E-state index is 0.0128. The maximum Gasteiger partial charge on any atom is 0.349 e. The van der Waals surface area contributed by atoms with E-state index in [1.165, 1.54) is 13.1 Å². The molecule has 0 bridgehead atoms. The molecule has 0 saturated carbocycles. The second-order valence-electron chi connectivity index (χ2n) is 4.91. The summed E-state index contributed by atoms with van der Waals surface area (Å²) in [6.45, 7) is -0.131. The summed E-state index contributed by atoms with van der Waals surface area (Å²) in [5.41, 5.74) is 10.8. The number of primary amides is 2. The third-order valence-electron chi connectivity index (χ3n) is 3.01. The van der Waals surface area contributed by atoms with Gasteiger partial charge in [-0.2, -0.15) is 0 Å². The van der Waals surface area contributed by atoms with Crippen molar-refractivity contribution in [1.29, 1.82) is 0 Å². The van der Waals surface area contributed by atoms with Crippen molar-refractivity contribution < 1.29 is 19.2 Å². The van der Waals surface area contributed by atoms with E-state index in [1.807, 2.05) is 0 Å². The minimum atomic E-state index is -0.968. The number of halogens is 2. The van der Waals surface area contributed by atoms with E-state index in [0.717, 1.165) is 0 Å². The number of likely N-dealkylation sites (N-methyl/N-ethyl adjacent to an activating group) is 1. The Bertz CT molecular complexity index is 607. The van der Waals surface area contributed by atoms with E-state index in [4.69, 9.17) is 39.5 Å². The van der Waals surface area contributed by atoms with Crippen LogP contribution in [0.1, 0.15) is 18.4 Å². The molecular formula is C14H18Cl2N4O4. The quantitative estimate of drug-likeness (QED) is 0.615. The van der Waals surface area contributed by atoms with E-state index < -0.39 is 23.9 Å². The summed E-state index contributed by atoms with van der Waals surface area (Å²) < 4.78 is 0. The highest BCUT2D eigenvalue weighted by Crippen LogP contribution is 2.20. The van der Waals surface area contributed by atoms with Crippen LogP contribution in [-0.2, 0) is 21.0 Å². The van der Waals surface area contributed by atoms with Crippen molar-refractivity contribution in [2.24, 2.45) is 11.5 Å². The van der Waals surface area contributed by atoms with Crippen LogP contribution >= 0.6 is 23.2 Å². The minimum Gasteiger partial charge on any atom is -0.370 e. The molecule has 0 aliphatic carbocycles. The lowest BCUT2D eigenvalue weighted by Crippen LogP contribution is -2.43. The zero-order valence-corrected chi connectivity index (χ0v) is 14.4. The van der Waals surface area contributed by atoms with Gasteiger partial charge in [-0.15, -0.1) is 5.06 Å². The molecule has 1 atom stereocenters. The molecule has 0 heterocycles. The molecule has 0 radical (unpaired) electrons. The first-order valence-electron chi connectivity index (χ1n) is 6.92. The van der Waals surface area contributed by atoms with Gasteiger partial charge in [-0.05, 0) is 37.2 Å². The number of nitrogens with one attached hydrogen (secondary N) is 1. The molecule has 10 heteroatoms. The molecule has 24 heavy (non-hydrogen) atoms. The second-order valence-corrected chi connectivity index (χ2v) is 5.78. The monoisotopic (exact) mass is 376 g/mol. The Morgan fingerprint density at radius 3 is 2.25 bits per heavy atom. The zero-order valence-electron chi connectivity index (χ0n) is 12.9. The van der Waals surface area contributed by atoms with Crippen molar-refractivity contribution in [3.8, 4) is 0 Å². The summed E-state index contributed by atoms with van der Waals surface area (Å²) in [5.74, 6) is -1.32. The van der Waals surface area contributed by atoms with Crippen LogP contribution < -0.4 is 16.8 Å². The van der Waals surface area contributed by atoms with E-state index in [-0.39, 0.29) is 19.4 Å². The Labute approximate surface area is 148 Å². The molecule has 0 aliphatic heterocycles. The fourth-order valence-electron chi connectivity index (χ4n) is 1.86. The molecule has 5 N–H and O–H groups in total. The van der Waals surface area contributed by atoms with Gasteiger partial charge in [0.05, 0.1) is 6.54 Å². The average molecular weight is 377 g/mol. The van der Waals surface area contributed by atoms with E-state index >= 15 is 0 Å². The second kappa shape index (κ2) is 9.31. The fraction of sp³-hybridized carbons (Fsp3) is 0.357. The number of benzene rings is 1. The van der Waals surface area contributed by atoms with Gasteiger partial charge in [-0.3, -0.25) is 4.79 Å². The van der Waals surface area contributed by atoms with E-state index in [1.54, 1.807) is 12.1 Å². The normalized spacial score (nSPS) is 11.6. The molecule has 8 nitrogen and oxygen atoms in total. The lowest BCUT2D eigenvalue weighted by molar-refractivity contribution is -0.181. The molecule has 0 spiro atoms. The van der Waals surface area contributed by atoms with Crippen LogP contribution in [0.3, 0.4) is 0 Å². The Morgan fingerprint density at radius 1 is 1.21 bits per heavy atom. The summed E-state index contributed by atoms with van der Waals surface area (Å²) in [5, 5.41) is 4.09. The third-order valence-corrected chi connectivity index (χ3v) is 3.44. The number of hydrogen-bond donors (Lipinski definition) is 3. The van der Waals surface area contributed by atoms with Crippen LogP contribution in [0, 0.1) is 0 Å². The molecule has 3 amide bonds. The SMILES string of the molecule is CN[C@H](CCC(N)=O)C(=O)ON(Cc1cc(Cl)cc(Cl)c1)C(N)=O. The summed E-state index contributed by atoms with van der Waals surface area (Å²) in [4.78, 5) is 39.4. The lowest BCUT2D eigenvalue weighted by atomic mass is 10.1. The number of amides is 3. The third kappa shape index (κ3) is 6.61. The summed E-state index contributed by atoms with van der Waals surface area (Å²) in [6, 6.07) is 2.85. The van der Waals surface area contributed by atoms with Crippen LogP contribution in [0.4, 0.5) is 4.79 Å². The van der Waals surface area contributed by atoms with Gasteiger partial charge in [0, 0.05) is 16.5 Å². The van der Waals surface area contributed by atoms with Crippen molar-refractivity contribution >= 4 is 41.1 Å². The average Bonchev–Trinajstić information content (AvgIpc) is 2.45. The van der Waals surface area contributed by atoms with Crippen LogP contribution in [0.25, 0.3) is 0 Å². The lowest BCUT2D eigenvalue weighted by Gasteiger charge is -2.22. The maximum atomic E-state index is 12.1. The number of carbonyl (C=O) groups is 3. The molecular weight excluding hydrogens is 359 g/mol. The highest BCUT2D eigenvalue weighted by molar-refractivity contribution is 6.34. The first kappa shape index (κ1) is 20.0. The van der Waals surface area contributed by atoms with Crippen molar-refractivity contribution in [2.45, 2.75) is 25.4 Å². The Hall–Kier alpha value is -2.03. The first-order chi connectivity index (χ1) is 11.2. The van der Waals surface area contributed by atoms with Gasteiger partial charge in [0.1, 0.15) is 6.04 Å². The number of rotatable bonds is 7. The van der Waals surface area contributed by atoms with E-state index in [0.29, 0.717) is 20.7 Å². The number of hydroxylamine groups is 2. The van der Waals surface area contributed by atoms with Crippen LogP contribution in [0.15, 0.2) is 18.2 Å². The van der Waals surface area contributed by atoms with Gasteiger partial charge >= 0.3 is 12.0 Å². The molecule has 132 valence electrons. The molecule has 1 aromatic carbocycles. The Kier molecular flexibility index (Phi) is 7.76. The highest BCUT2D eigenvalue weighted by atomic mass is 35.5. The maximum absolute atomic E-state index is 12.1. The fourth-order valence-corrected chi connectivity index (χ4v) is 2.43. The Balaban J connectivity index is 2.79. The summed E-state index contributed by atoms with van der Waals surface area (Å²) >= 11 is 11.8. The molecule has 0 aliphatic rings. The van der Waals surface area contributed by atoms with E-state index in [9.17, 15) is 14.4 Å². The molecule has 0 unspecified atom stereocenters. The van der Waals surface area contributed by atoms with Gasteiger partial charge in [0.15, 0.2) is 0 Å². The zero-order chi connectivity index (χ0) is 18.3. The van der Waals surface area contributed by atoms with Gasteiger partial charge in [-0.1, -0.05) is 23.2 Å². The smallest absolute Gasteiger partial charge is 0.349 e.